The Labute approximate surface area is 166 Å². The van der Waals surface area contributed by atoms with Crippen LogP contribution in [0.2, 0.25) is 0 Å². The number of carbonyl (C=O) groups excluding carboxylic acids is 1. The summed E-state index contributed by atoms with van der Waals surface area (Å²) in [5, 5.41) is 7.54. The number of carbonyl (C=O) groups is 1. The van der Waals surface area contributed by atoms with Gasteiger partial charge in [-0.25, -0.2) is 4.68 Å². The third kappa shape index (κ3) is 4.80. The maximum atomic E-state index is 12.3. The molecule has 0 aliphatic carbocycles. The summed E-state index contributed by atoms with van der Waals surface area (Å²) in [6, 6.07) is 17.8. The predicted molar refractivity (Wildman–Crippen MR) is 111 cm³/mol. The molecule has 3 aromatic rings. The Bertz CT molecular complexity index is 919. The van der Waals surface area contributed by atoms with Crippen LogP contribution in [0.4, 0.5) is 0 Å². The van der Waals surface area contributed by atoms with Crippen LogP contribution in [-0.2, 0) is 4.79 Å². The Hall–Kier alpha value is -3.08. The monoisotopic (exact) mass is 377 g/mol. The van der Waals surface area contributed by atoms with E-state index >= 15 is 0 Å². The lowest BCUT2D eigenvalue weighted by atomic mass is 10.1. The van der Waals surface area contributed by atoms with E-state index in [1.165, 1.54) is 0 Å². The van der Waals surface area contributed by atoms with E-state index in [-0.39, 0.29) is 11.9 Å². The van der Waals surface area contributed by atoms with Crippen molar-refractivity contribution in [1.82, 2.24) is 15.1 Å². The van der Waals surface area contributed by atoms with Gasteiger partial charge in [-0.15, -0.1) is 0 Å². The Morgan fingerprint density at radius 3 is 2.57 bits per heavy atom. The van der Waals surface area contributed by atoms with Crippen LogP contribution in [0.25, 0.3) is 5.69 Å². The average Bonchev–Trinajstić information content (AvgIpc) is 3.08. The van der Waals surface area contributed by atoms with Crippen LogP contribution >= 0.6 is 0 Å². The molecular formula is C23H27N3O2. The summed E-state index contributed by atoms with van der Waals surface area (Å²) in [7, 11) is 0. The van der Waals surface area contributed by atoms with Crippen LogP contribution in [0, 0.1) is 13.8 Å². The maximum absolute atomic E-state index is 12.3. The van der Waals surface area contributed by atoms with Crippen molar-refractivity contribution in [1.29, 1.82) is 0 Å². The third-order valence-corrected chi connectivity index (χ3v) is 4.79. The molecule has 5 heteroatoms. The lowest BCUT2D eigenvalue weighted by molar-refractivity contribution is -0.121. The molecule has 0 aliphatic heterocycles. The number of hydrogen-bond donors (Lipinski definition) is 1. The van der Waals surface area contributed by atoms with Crippen molar-refractivity contribution in [3.8, 4) is 11.4 Å². The van der Waals surface area contributed by atoms with Crippen LogP contribution in [0.15, 0.2) is 60.8 Å². The number of rotatable bonds is 8. The molecule has 146 valence electrons. The number of aryl methyl sites for hydroxylation is 1. The summed E-state index contributed by atoms with van der Waals surface area (Å²) in [5.41, 5.74) is 4.17. The van der Waals surface area contributed by atoms with Crippen molar-refractivity contribution in [3.05, 3.63) is 77.6 Å². The van der Waals surface area contributed by atoms with Gasteiger partial charge in [0.25, 0.3) is 0 Å². The highest BCUT2D eigenvalue weighted by Gasteiger charge is 2.16. The summed E-state index contributed by atoms with van der Waals surface area (Å²) < 4.78 is 7.65. The number of aromatic nitrogens is 2. The van der Waals surface area contributed by atoms with Gasteiger partial charge in [0.2, 0.25) is 5.91 Å². The van der Waals surface area contributed by atoms with E-state index in [1.54, 1.807) is 0 Å². The standard InChI is InChI=1S/C23H27N3O2/c1-17-10-7-8-13-22(17)28-15-9-14-23(27)25-18(2)21-16-24-26(19(21)3)20-11-5-4-6-12-20/h4-8,10-13,16,18H,9,14-15H2,1-3H3,(H,25,27). The molecule has 5 nitrogen and oxygen atoms in total. The minimum absolute atomic E-state index is 0.0211. The predicted octanol–water partition coefficient (Wildman–Crippen LogP) is 4.53. The molecule has 1 unspecified atom stereocenters. The fourth-order valence-electron chi connectivity index (χ4n) is 3.20. The number of hydrogen-bond acceptors (Lipinski definition) is 3. The second-order valence-corrected chi connectivity index (χ2v) is 6.94. The molecule has 28 heavy (non-hydrogen) atoms. The molecule has 0 fully saturated rings. The van der Waals surface area contributed by atoms with Crippen LogP contribution in [0.5, 0.6) is 5.75 Å². The quantitative estimate of drug-likeness (QED) is 0.587. The lowest BCUT2D eigenvalue weighted by Crippen LogP contribution is -2.27. The first-order chi connectivity index (χ1) is 13.6. The molecule has 0 saturated carbocycles. The van der Waals surface area contributed by atoms with Crippen LogP contribution in [-0.4, -0.2) is 22.3 Å². The second kappa shape index (κ2) is 9.22. The van der Waals surface area contributed by atoms with Crippen LogP contribution in [0.1, 0.15) is 42.6 Å². The minimum atomic E-state index is -0.0951. The summed E-state index contributed by atoms with van der Waals surface area (Å²) >= 11 is 0. The van der Waals surface area contributed by atoms with Crippen molar-refractivity contribution in [3.63, 3.8) is 0 Å². The van der Waals surface area contributed by atoms with Gasteiger partial charge in [-0.2, -0.15) is 5.10 Å². The van der Waals surface area contributed by atoms with Gasteiger partial charge >= 0.3 is 0 Å². The first-order valence-corrected chi connectivity index (χ1v) is 9.64. The van der Waals surface area contributed by atoms with Gasteiger partial charge in [-0.05, 0) is 51.0 Å². The van der Waals surface area contributed by atoms with Crippen molar-refractivity contribution in [2.45, 2.75) is 39.7 Å². The van der Waals surface area contributed by atoms with Gasteiger partial charge < -0.3 is 10.1 Å². The number of benzene rings is 2. The highest BCUT2D eigenvalue weighted by Crippen LogP contribution is 2.20. The molecule has 0 radical (unpaired) electrons. The zero-order valence-corrected chi connectivity index (χ0v) is 16.7. The SMILES string of the molecule is Cc1ccccc1OCCCC(=O)NC(C)c1cnn(-c2ccccc2)c1C. The van der Waals surface area contributed by atoms with E-state index in [9.17, 15) is 4.79 Å². The molecule has 0 spiro atoms. The molecule has 1 N–H and O–H groups in total. The van der Waals surface area contributed by atoms with Gasteiger partial charge in [-0.1, -0.05) is 36.4 Å². The Morgan fingerprint density at radius 1 is 1.11 bits per heavy atom. The van der Waals surface area contributed by atoms with Gasteiger partial charge in [-0.3, -0.25) is 4.79 Å². The average molecular weight is 377 g/mol. The molecular weight excluding hydrogens is 350 g/mol. The lowest BCUT2D eigenvalue weighted by Gasteiger charge is -2.14. The highest BCUT2D eigenvalue weighted by atomic mass is 16.5. The van der Waals surface area contributed by atoms with Crippen molar-refractivity contribution < 1.29 is 9.53 Å². The normalized spacial score (nSPS) is 11.8. The first-order valence-electron chi connectivity index (χ1n) is 9.64. The summed E-state index contributed by atoms with van der Waals surface area (Å²) in [4.78, 5) is 12.3. The van der Waals surface area contributed by atoms with Gasteiger partial charge in [0.05, 0.1) is 24.5 Å². The zero-order chi connectivity index (χ0) is 19.9. The Kier molecular flexibility index (Phi) is 6.48. The molecule has 1 amide bonds. The molecule has 1 aromatic heterocycles. The van der Waals surface area contributed by atoms with Crippen molar-refractivity contribution in [2.75, 3.05) is 6.61 Å². The third-order valence-electron chi connectivity index (χ3n) is 4.79. The number of ether oxygens (including phenoxy) is 1. The number of nitrogens with zero attached hydrogens (tertiary/aromatic N) is 2. The molecule has 3 rings (SSSR count). The summed E-state index contributed by atoms with van der Waals surface area (Å²) in [6.45, 7) is 6.55. The molecule has 2 aromatic carbocycles. The first kappa shape index (κ1) is 19.7. The fraction of sp³-hybridized carbons (Fsp3) is 0.304. The molecule has 0 aliphatic rings. The van der Waals surface area contributed by atoms with Crippen LogP contribution in [0.3, 0.4) is 0 Å². The molecule has 1 heterocycles. The summed E-state index contributed by atoms with van der Waals surface area (Å²) in [5.74, 6) is 0.896. The number of para-hydroxylation sites is 2. The molecule has 1 atom stereocenters. The topological polar surface area (TPSA) is 56.1 Å². The van der Waals surface area contributed by atoms with E-state index < -0.39 is 0 Å². The Balaban J connectivity index is 1.49. The Morgan fingerprint density at radius 2 is 1.82 bits per heavy atom. The van der Waals surface area contributed by atoms with Gasteiger partial charge in [0, 0.05) is 17.7 Å². The minimum Gasteiger partial charge on any atom is -0.493 e. The summed E-state index contributed by atoms with van der Waals surface area (Å²) in [6.07, 6.45) is 2.94. The molecule has 0 bridgehead atoms. The zero-order valence-electron chi connectivity index (χ0n) is 16.7. The van der Waals surface area contributed by atoms with E-state index in [2.05, 4.69) is 10.4 Å². The van der Waals surface area contributed by atoms with E-state index in [0.29, 0.717) is 19.4 Å². The van der Waals surface area contributed by atoms with Gasteiger partial charge in [0.1, 0.15) is 5.75 Å². The second-order valence-electron chi connectivity index (χ2n) is 6.94. The van der Waals surface area contributed by atoms with E-state index in [0.717, 1.165) is 28.3 Å². The van der Waals surface area contributed by atoms with Crippen molar-refractivity contribution in [2.24, 2.45) is 0 Å². The molecule has 0 saturated heterocycles. The fourth-order valence-corrected chi connectivity index (χ4v) is 3.20. The highest BCUT2D eigenvalue weighted by molar-refractivity contribution is 5.76. The maximum Gasteiger partial charge on any atom is 0.220 e. The smallest absolute Gasteiger partial charge is 0.220 e. The number of nitrogens with one attached hydrogen (secondary N) is 1. The van der Waals surface area contributed by atoms with Crippen LogP contribution < -0.4 is 10.1 Å². The van der Waals surface area contributed by atoms with E-state index in [4.69, 9.17) is 4.74 Å². The largest absolute Gasteiger partial charge is 0.493 e. The van der Waals surface area contributed by atoms with E-state index in [1.807, 2.05) is 86.2 Å². The van der Waals surface area contributed by atoms with Gasteiger partial charge in [0.15, 0.2) is 0 Å². The van der Waals surface area contributed by atoms with Crippen molar-refractivity contribution >= 4 is 5.91 Å². The number of amides is 1.